The molecule has 2 aliphatic rings. The third-order valence-corrected chi connectivity index (χ3v) is 4.93. The Balaban J connectivity index is 0.00000169. The molecule has 1 saturated carbocycles. The van der Waals surface area contributed by atoms with E-state index in [0.717, 1.165) is 18.2 Å². The number of benzene rings is 1. The maximum absolute atomic E-state index is 4.40. The minimum absolute atomic E-state index is 0. The van der Waals surface area contributed by atoms with Gasteiger partial charge in [0.15, 0.2) is 0 Å². The van der Waals surface area contributed by atoms with Gasteiger partial charge >= 0.3 is 0 Å². The second-order valence-corrected chi connectivity index (χ2v) is 7.34. The van der Waals surface area contributed by atoms with Gasteiger partial charge in [0.25, 0.3) is 0 Å². The molecule has 1 fully saturated rings. The van der Waals surface area contributed by atoms with Crippen molar-refractivity contribution in [3.63, 3.8) is 0 Å². The average Bonchev–Trinajstić information content (AvgIpc) is 3.22. The van der Waals surface area contributed by atoms with E-state index < -0.39 is 0 Å². The zero-order valence-electron chi connectivity index (χ0n) is 14.5. The molecule has 2 heterocycles. The van der Waals surface area contributed by atoms with Crippen molar-refractivity contribution in [2.75, 3.05) is 18.4 Å². The first-order chi connectivity index (χ1) is 11.2. The summed E-state index contributed by atoms with van der Waals surface area (Å²) in [6.45, 7) is 7.90. The molecule has 0 radical (unpaired) electrons. The predicted octanol–water partition coefficient (Wildman–Crippen LogP) is 4.40. The van der Waals surface area contributed by atoms with Gasteiger partial charge < -0.3 is 5.32 Å². The normalized spacial score (nSPS) is 17.5. The van der Waals surface area contributed by atoms with Gasteiger partial charge in [-0.1, -0.05) is 6.07 Å². The van der Waals surface area contributed by atoms with Crippen molar-refractivity contribution in [2.45, 2.75) is 45.7 Å². The third-order valence-electron chi connectivity index (χ3n) is 4.93. The molecule has 1 aliphatic heterocycles. The minimum atomic E-state index is 0. The second-order valence-electron chi connectivity index (χ2n) is 7.34. The van der Waals surface area contributed by atoms with Crippen LogP contribution in [0.5, 0.6) is 0 Å². The highest BCUT2D eigenvalue weighted by molar-refractivity contribution is 5.85. The Kier molecular flexibility index (Phi) is 5.16. The number of aromatic nitrogens is 2. The minimum Gasteiger partial charge on any atom is -0.353 e. The first-order valence-corrected chi connectivity index (χ1v) is 8.83. The number of nitrogens with zero attached hydrogens (tertiary/aromatic N) is 3. The van der Waals surface area contributed by atoms with E-state index in [-0.39, 0.29) is 12.4 Å². The summed E-state index contributed by atoms with van der Waals surface area (Å²) in [5.74, 6) is 0.972. The summed E-state index contributed by atoms with van der Waals surface area (Å²) in [6.07, 6.45) is 8.03. The second kappa shape index (κ2) is 7.16. The molecule has 0 amide bonds. The maximum atomic E-state index is 4.40. The van der Waals surface area contributed by atoms with Gasteiger partial charge in [-0.15, -0.1) is 12.4 Å². The highest BCUT2D eigenvalue weighted by Crippen LogP contribution is 2.32. The van der Waals surface area contributed by atoms with Crippen LogP contribution in [0.1, 0.15) is 43.9 Å². The zero-order chi connectivity index (χ0) is 15.8. The van der Waals surface area contributed by atoms with E-state index in [1.54, 1.807) is 0 Å². The van der Waals surface area contributed by atoms with Gasteiger partial charge in [-0.25, -0.2) is 0 Å². The van der Waals surface area contributed by atoms with Crippen LogP contribution in [-0.4, -0.2) is 27.8 Å². The van der Waals surface area contributed by atoms with Crippen LogP contribution < -0.4 is 5.32 Å². The Morgan fingerprint density at radius 1 is 1.21 bits per heavy atom. The van der Waals surface area contributed by atoms with Crippen molar-refractivity contribution in [3.05, 3.63) is 41.7 Å². The van der Waals surface area contributed by atoms with Crippen molar-refractivity contribution in [2.24, 2.45) is 5.92 Å². The Bertz CT molecular complexity index is 690. The van der Waals surface area contributed by atoms with E-state index >= 15 is 0 Å². The average molecular weight is 347 g/mol. The van der Waals surface area contributed by atoms with E-state index in [4.69, 9.17) is 0 Å². The Morgan fingerprint density at radius 3 is 2.75 bits per heavy atom. The quantitative estimate of drug-likeness (QED) is 0.871. The van der Waals surface area contributed by atoms with E-state index in [2.05, 4.69) is 53.6 Å². The summed E-state index contributed by atoms with van der Waals surface area (Å²) < 4.78 is 1.98. The van der Waals surface area contributed by atoms with Crippen LogP contribution >= 0.6 is 12.4 Å². The predicted molar refractivity (Wildman–Crippen MR) is 101 cm³/mol. The largest absolute Gasteiger partial charge is 0.353 e. The fourth-order valence-electron chi connectivity index (χ4n) is 3.37. The summed E-state index contributed by atoms with van der Waals surface area (Å²) in [5, 5.41) is 7.89. The lowest BCUT2D eigenvalue weighted by atomic mass is 9.99. The van der Waals surface area contributed by atoms with E-state index in [9.17, 15) is 0 Å². The smallest absolute Gasteiger partial charge is 0.0770 e. The topological polar surface area (TPSA) is 33.1 Å². The van der Waals surface area contributed by atoms with Crippen molar-refractivity contribution in [3.8, 4) is 0 Å². The van der Waals surface area contributed by atoms with Gasteiger partial charge in [0.1, 0.15) is 0 Å². The van der Waals surface area contributed by atoms with Crippen LogP contribution in [0.2, 0.25) is 0 Å². The first kappa shape index (κ1) is 17.3. The van der Waals surface area contributed by atoms with Crippen LogP contribution in [0.15, 0.2) is 30.6 Å². The van der Waals surface area contributed by atoms with Crippen LogP contribution in [0.3, 0.4) is 0 Å². The van der Waals surface area contributed by atoms with Gasteiger partial charge in [0.05, 0.1) is 11.9 Å². The molecular formula is C19H27ClN4. The number of rotatable bonds is 5. The first-order valence-electron chi connectivity index (χ1n) is 8.83. The molecule has 0 saturated heterocycles. The highest BCUT2D eigenvalue weighted by Gasteiger charge is 2.26. The van der Waals surface area contributed by atoms with Gasteiger partial charge in [-0.3, -0.25) is 9.58 Å². The molecule has 130 valence electrons. The summed E-state index contributed by atoms with van der Waals surface area (Å²) in [6, 6.07) is 7.20. The molecule has 1 aliphatic carbocycles. The lowest BCUT2D eigenvalue weighted by molar-refractivity contribution is 0.244. The molecule has 1 aromatic heterocycles. The van der Waals surface area contributed by atoms with Gasteiger partial charge in [-0.2, -0.15) is 5.10 Å². The van der Waals surface area contributed by atoms with Crippen molar-refractivity contribution in [1.29, 1.82) is 0 Å². The van der Waals surface area contributed by atoms with Crippen LogP contribution in [0.4, 0.5) is 11.4 Å². The maximum Gasteiger partial charge on any atom is 0.0770 e. The van der Waals surface area contributed by atoms with Gasteiger partial charge in [-0.05, 0) is 62.3 Å². The van der Waals surface area contributed by atoms with E-state index in [0.29, 0.717) is 6.04 Å². The lowest BCUT2D eigenvalue weighted by Crippen LogP contribution is -2.32. The molecule has 0 spiro atoms. The van der Waals surface area contributed by atoms with Gasteiger partial charge in [0.2, 0.25) is 0 Å². The molecule has 0 bridgehead atoms. The fourth-order valence-corrected chi connectivity index (χ4v) is 3.37. The molecule has 0 unspecified atom stereocenters. The SMILES string of the molecule is CC(C)n1cc(Nc2ccc3c(c2)CN(CC2CC2)CC3)cn1.Cl. The molecule has 5 heteroatoms. The summed E-state index contributed by atoms with van der Waals surface area (Å²) in [5.41, 5.74) is 5.23. The Morgan fingerprint density at radius 2 is 2.04 bits per heavy atom. The molecule has 1 N–H and O–H groups in total. The zero-order valence-corrected chi connectivity index (χ0v) is 15.4. The highest BCUT2D eigenvalue weighted by atomic mass is 35.5. The van der Waals surface area contributed by atoms with E-state index in [1.165, 1.54) is 49.2 Å². The fraction of sp³-hybridized carbons (Fsp3) is 0.526. The number of hydrogen-bond acceptors (Lipinski definition) is 3. The van der Waals surface area contributed by atoms with Crippen LogP contribution in [0, 0.1) is 5.92 Å². The van der Waals surface area contributed by atoms with E-state index in [1.807, 2.05) is 10.9 Å². The molecule has 4 nitrogen and oxygen atoms in total. The molecule has 1 aromatic carbocycles. The summed E-state index contributed by atoms with van der Waals surface area (Å²) in [7, 11) is 0. The third kappa shape index (κ3) is 3.93. The summed E-state index contributed by atoms with van der Waals surface area (Å²) in [4.78, 5) is 2.63. The summed E-state index contributed by atoms with van der Waals surface area (Å²) >= 11 is 0. The van der Waals surface area contributed by atoms with Crippen molar-refractivity contribution >= 4 is 23.8 Å². The van der Waals surface area contributed by atoms with Gasteiger partial charge in [0, 0.05) is 37.6 Å². The van der Waals surface area contributed by atoms with Crippen molar-refractivity contribution < 1.29 is 0 Å². The number of nitrogens with one attached hydrogen (secondary N) is 1. The number of fused-ring (bicyclic) bond motifs is 1. The molecule has 4 rings (SSSR count). The number of halogens is 1. The van der Waals surface area contributed by atoms with Crippen molar-refractivity contribution in [1.82, 2.24) is 14.7 Å². The lowest BCUT2D eigenvalue weighted by Gasteiger charge is -2.29. The molecular weight excluding hydrogens is 320 g/mol. The Labute approximate surface area is 150 Å². The number of hydrogen-bond donors (Lipinski definition) is 1. The monoisotopic (exact) mass is 346 g/mol. The van der Waals surface area contributed by atoms with Crippen LogP contribution in [0.25, 0.3) is 0 Å². The van der Waals surface area contributed by atoms with Crippen LogP contribution in [-0.2, 0) is 13.0 Å². The molecule has 2 aromatic rings. The Hall–Kier alpha value is -1.52. The molecule has 0 atom stereocenters. The number of anilines is 2. The standard InChI is InChI=1S/C19H26N4.ClH/c1-14(2)23-13-19(10-20-23)21-18-6-5-16-7-8-22(11-15-3-4-15)12-17(16)9-18;/h5-6,9-10,13-15,21H,3-4,7-8,11-12H2,1-2H3;1H. The molecule has 24 heavy (non-hydrogen) atoms.